The molecule has 0 N–H and O–H groups in total. The third-order valence-electron chi connectivity index (χ3n) is 5.97. The number of anilines is 1. The molecular weight excluding hydrogens is 396 g/mol. The first-order valence-electron chi connectivity index (χ1n) is 10.7. The fraction of sp³-hybridized carbons (Fsp3) is 0.455. The second kappa shape index (κ2) is 8.50. The zero-order valence-corrected chi connectivity index (χ0v) is 17.6. The van der Waals surface area contributed by atoms with Crippen molar-refractivity contribution in [2.75, 3.05) is 51.3 Å². The van der Waals surface area contributed by atoms with Gasteiger partial charge in [-0.3, -0.25) is 14.8 Å². The summed E-state index contributed by atoms with van der Waals surface area (Å²) in [5.74, 6) is 1.40. The van der Waals surface area contributed by atoms with Crippen molar-refractivity contribution in [2.24, 2.45) is 4.99 Å². The molecule has 2 saturated heterocycles. The maximum atomic E-state index is 12.3. The number of rotatable bonds is 4. The Morgan fingerprint density at radius 2 is 2.06 bits per heavy atom. The Labute approximate surface area is 181 Å². The van der Waals surface area contributed by atoms with Gasteiger partial charge < -0.3 is 14.4 Å². The largest absolute Gasteiger partial charge is 0.481 e. The van der Waals surface area contributed by atoms with Crippen LogP contribution in [0.25, 0.3) is 11.0 Å². The molecule has 0 aromatic carbocycles. The first-order chi connectivity index (χ1) is 15.2. The van der Waals surface area contributed by atoms with Crippen molar-refractivity contribution in [1.82, 2.24) is 19.8 Å². The highest BCUT2D eigenvalue weighted by Crippen LogP contribution is 2.27. The lowest BCUT2D eigenvalue weighted by molar-refractivity contribution is 0.105. The highest BCUT2D eigenvalue weighted by Gasteiger charge is 2.35. The lowest BCUT2D eigenvalue weighted by Gasteiger charge is -2.36. The number of aromatic nitrogens is 2. The SMILES string of the molecule is COc1ccc2nccc(N3CCN(C[C@@H]4CN(C5=NC=CCC5)C(=O)O4)CC3)c2n1. The van der Waals surface area contributed by atoms with Crippen LogP contribution < -0.4 is 9.64 Å². The number of fused-ring (bicyclic) bond motifs is 1. The average molecular weight is 422 g/mol. The lowest BCUT2D eigenvalue weighted by atomic mass is 10.2. The molecule has 3 aliphatic rings. The molecule has 162 valence electrons. The molecule has 5 heterocycles. The molecule has 9 nitrogen and oxygen atoms in total. The first kappa shape index (κ1) is 19.7. The summed E-state index contributed by atoms with van der Waals surface area (Å²) in [5, 5.41) is 0. The Hall–Kier alpha value is -3.20. The number of carbonyl (C=O) groups excluding carboxylic acids is 1. The van der Waals surface area contributed by atoms with Crippen molar-refractivity contribution < 1.29 is 14.3 Å². The molecule has 0 spiro atoms. The van der Waals surface area contributed by atoms with Gasteiger partial charge in [-0.05, 0) is 18.6 Å². The number of amidine groups is 1. The molecule has 2 fully saturated rings. The van der Waals surface area contributed by atoms with Crippen LogP contribution in [0.5, 0.6) is 5.88 Å². The molecule has 0 radical (unpaired) electrons. The summed E-state index contributed by atoms with van der Waals surface area (Å²) in [6, 6.07) is 5.78. The minimum atomic E-state index is -0.277. The van der Waals surface area contributed by atoms with E-state index in [1.54, 1.807) is 18.2 Å². The van der Waals surface area contributed by atoms with E-state index < -0.39 is 0 Å². The number of nitrogens with zero attached hydrogens (tertiary/aromatic N) is 6. The minimum absolute atomic E-state index is 0.125. The number of pyridine rings is 2. The molecule has 31 heavy (non-hydrogen) atoms. The molecule has 2 aromatic rings. The monoisotopic (exact) mass is 422 g/mol. The van der Waals surface area contributed by atoms with Crippen LogP contribution in [0.3, 0.4) is 0 Å². The van der Waals surface area contributed by atoms with Crippen LogP contribution >= 0.6 is 0 Å². The Kier molecular flexibility index (Phi) is 5.42. The van der Waals surface area contributed by atoms with Crippen molar-refractivity contribution in [3.63, 3.8) is 0 Å². The molecule has 1 amide bonds. The predicted molar refractivity (Wildman–Crippen MR) is 118 cm³/mol. The number of aliphatic imine (C=N–C) groups is 1. The van der Waals surface area contributed by atoms with E-state index in [4.69, 9.17) is 9.47 Å². The standard InChI is InChI=1S/C22H26N6O3/c1-30-20-6-5-17-21(25-20)18(7-9-23-17)27-12-10-26(11-13-27)14-16-15-28(22(29)31-16)19-4-2-3-8-24-19/h3,5-9,16H,2,4,10-15H2,1H3/t16-/m1/s1. The van der Waals surface area contributed by atoms with Crippen molar-refractivity contribution in [1.29, 1.82) is 0 Å². The van der Waals surface area contributed by atoms with Crippen LogP contribution in [0.15, 0.2) is 41.7 Å². The van der Waals surface area contributed by atoms with Crippen LogP contribution in [0.1, 0.15) is 12.8 Å². The maximum Gasteiger partial charge on any atom is 0.415 e. The Bertz CT molecular complexity index is 1030. The van der Waals surface area contributed by atoms with Crippen LogP contribution in [-0.2, 0) is 4.74 Å². The molecule has 5 rings (SSSR count). The Morgan fingerprint density at radius 3 is 2.84 bits per heavy atom. The Morgan fingerprint density at radius 1 is 1.19 bits per heavy atom. The van der Waals surface area contributed by atoms with Crippen molar-refractivity contribution in [3.8, 4) is 5.88 Å². The molecule has 0 bridgehead atoms. The van der Waals surface area contributed by atoms with Crippen molar-refractivity contribution >= 4 is 28.6 Å². The van der Waals surface area contributed by atoms with E-state index in [2.05, 4.69) is 24.8 Å². The predicted octanol–water partition coefficient (Wildman–Crippen LogP) is 2.29. The van der Waals surface area contributed by atoms with Gasteiger partial charge in [0.05, 0.1) is 24.9 Å². The lowest BCUT2D eigenvalue weighted by Crippen LogP contribution is -2.49. The van der Waals surface area contributed by atoms with Gasteiger partial charge in [0.2, 0.25) is 5.88 Å². The summed E-state index contributed by atoms with van der Waals surface area (Å²) in [6.45, 7) is 4.85. The van der Waals surface area contributed by atoms with E-state index in [1.165, 1.54) is 0 Å². The summed E-state index contributed by atoms with van der Waals surface area (Å²) in [4.78, 5) is 32.1. The number of allylic oxidation sites excluding steroid dienone is 1. The molecule has 0 aliphatic carbocycles. The fourth-order valence-corrected chi connectivity index (χ4v) is 4.34. The molecule has 2 aromatic heterocycles. The van der Waals surface area contributed by atoms with Gasteiger partial charge >= 0.3 is 6.09 Å². The maximum absolute atomic E-state index is 12.3. The third kappa shape index (κ3) is 4.05. The third-order valence-corrected chi connectivity index (χ3v) is 5.97. The number of ether oxygens (including phenoxy) is 2. The van der Waals surface area contributed by atoms with Crippen LogP contribution in [0.2, 0.25) is 0 Å². The average Bonchev–Trinajstić information content (AvgIpc) is 3.19. The van der Waals surface area contributed by atoms with Crippen LogP contribution in [0, 0.1) is 0 Å². The van der Waals surface area contributed by atoms with Gasteiger partial charge in [-0.25, -0.2) is 14.8 Å². The van der Waals surface area contributed by atoms with Gasteiger partial charge in [0.15, 0.2) is 0 Å². The number of amides is 1. The first-order valence-corrected chi connectivity index (χ1v) is 10.7. The summed E-state index contributed by atoms with van der Waals surface area (Å²) in [6.07, 6.45) is 6.91. The molecule has 9 heteroatoms. The van der Waals surface area contributed by atoms with Crippen molar-refractivity contribution in [3.05, 3.63) is 36.7 Å². The smallest absolute Gasteiger partial charge is 0.415 e. The summed E-state index contributed by atoms with van der Waals surface area (Å²) in [5.41, 5.74) is 2.79. The number of hydrogen-bond donors (Lipinski definition) is 0. The van der Waals surface area contributed by atoms with E-state index in [1.807, 2.05) is 30.5 Å². The normalized spacial score (nSPS) is 22.0. The quantitative estimate of drug-likeness (QED) is 0.748. The van der Waals surface area contributed by atoms with E-state index in [-0.39, 0.29) is 12.2 Å². The second-order valence-corrected chi connectivity index (χ2v) is 7.92. The van der Waals surface area contributed by atoms with Gasteiger partial charge in [-0.15, -0.1) is 0 Å². The van der Waals surface area contributed by atoms with Gasteiger partial charge in [0.1, 0.15) is 17.5 Å². The topological polar surface area (TPSA) is 83.4 Å². The van der Waals surface area contributed by atoms with Gasteiger partial charge in [0.25, 0.3) is 0 Å². The number of methoxy groups -OCH3 is 1. The van der Waals surface area contributed by atoms with Crippen molar-refractivity contribution in [2.45, 2.75) is 18.9 Å². The zero-order valence-electron chi connectivity index (χ0n) is 17.6. The number of piperazine rings is 1. The second-order valence-electron chi connectivity index (χ2n) is 7.92. The zero-order chi connectivity index (χ0) is 21.2. The molecule has 3 aliphatic heterocycles. The fourth-order valence-electron chi connectivity index (χ4n) is 4.34. The molecule has 1 atom stereocenters. The van der Waals surface area contributed by atoms with E-state index >= 15 is 0 Å². The van der Waals surface area contributed by atoms with Crippen LogP contribution in [0.4, 0.5) is 10.5 Å². The highest BCUT2D eigenvalue weighted by atomic mass is 16.6. The number of hydrogen-bond acceptors (Lipinski definition) is 8. The number of carbonyl (C=O) groups is 1. The molecule has 0 saturated carbocycles. The van der Waals surface area contributed by atoms with E-state index in [9.17, 15) is 4.79 Å². The van der Waals surface area contributed by atoms with Gasteiger partial charge in [-0.2, -0.15) is 0 Å². The van der Waals surface area contributed by atoms with Crippen LogP contribution in [-0.4, -0.2) is 84.2 Å². The molecule has 0 unspecified atom stereocenters. The minimum Gasteiger partial charge on any atom is -0.481 e. The summed E-state index contributed by atoms with van der Waals surface area (Å²) >= 11 is 0. The molecular formula is C22H26N6O3. The summed E-state index contributed by atoms with van der Waals surface area (Å²) in [7, 11) is 1.62. The summed E-state index contributed by atoms with van der Waals surface area (Å²) < 4.78 is 10.9. The van der Waals surface area contributed by atoms with E-state index in [0.717, 1.165) is 68.1 Å². The number of cyclic esters (lactones) is 1. The Balaban J connectivity index is 1.21. The van der Waals surface area contributed by atoms with Gasteiger partial charge in [0, 0.05) is 57.6 Å². The van der Waals surface area contributed by atoms with Gasteiger partial charge in [-0.1, -0.05) is 6.08 Å². The highest BCUT2D eigenvalue weighted by molar-refractivity contribution is 5.97. The van der Waals surface area contributed by atoms with E-state index in [0.29, 0.717) is 12.4 Å².